The molecule has 2 rings (SSSR count). The second kappa shape index (κ2) is 5.87. The van der Waals surface area contributed by atoms with Gasteiger partial charge in [-0.25, -0.2) is 0 Å². The Morgan fingerprint density at radius 1 is 1.05 bits per heavy atom. The molecule has 0 radical (unpaired) electrons. The summed E-state index contributed by atoms with van der Waals surface area (Å²) in [7, 11) is 3.46. The van der Waals surface area contributed by atoms with Gasteiger partial charge in [-0.2, -0.15) is 0 Å². The first kappa shape index (κ1) is 14.9. The summed E-state index contributed by atoms with van der Waals surface area (Å²) in [5.41, 5.74) is 11.3. The molecule has 0 bridgehead atoms. The zero-order valence-electron chi connectivity index (χ0n) is 12.9. The lowest BCUT2D eigenvalue weighted by Crippen LogP contribution is -2.21. The van der Waals surface area contributed by atoms with E-state index in [0.29, 0.717) is 11.3 Å². The van der Waals surface area contributed by atoms with Crippen LogP contribution in [0.2, 0.25) is 0 Å². The van der Waals surface area contributed by atoms with Crippen LogP contribution in [0.4, 0.5) is 17.1 Å². The summed E-state index contributed by atoms with van der Waals surface area (Å²) in [4.78, 5) is 13.6. The van der Waals surface area contributed by atoms with Gasteiger partial charge in [-0.1, -0.05) is 6.07 Å². The standard InChI is InChI=1S/C17H21N3O/c1-11-7-12(2)9-14(8-11)19-16-10-13(5-6-15(16)18)17(21)20(3)4/h5-10,19H,18H2,1-4H3. The third-order valence-electron chi connectivity index (χ3n) is 3.21. The Bertz CT molecular complexity index is 657. The average Bonchev–Trinajstić information content (AvgIpc) is 2.39. The van der Waals surface area contributed by atoms with Crippen molar-refractivity contribution in [2.75, 3.05) is 25.1 Å². The first-order valence-electron chi connectivity index (χ1n) is 6.83. The van der Waals surface area contributed by atoms with Crippen molar-refractivity contribution >= 4 is 23.0 Å². The normalized spacial score (nSPS) is 10.3. The number of nitrogen functional groups attached to an aromatic ring is 1. The van der Waals surface area contributed by atoms with E-state index in [9.17, 15) is 4.79 Å². The van der Waals surface area contributed by atoms with E-state index in [-0.39, 0.29) is 5.91 Å². The number of amides is 1. The molecule has 4 heteroatoms. The molecule has 0 aliphatic carbocycles. The van der Waals surface area contributed by atoms with E-state index in [4.69, 9.17) is 5.73 Å². The van der Waals surface area contributed by atoms with E-state index in [0.717, 1.165) is 11.4 Å². The van der Waals surface area contributed by atoms with Gasteiger partial charge in [0.1, 0.15) is 0 Å². The van der Waals surface area contributed by atoms with Crippen LogP contribution in [-0.2, 0) is 0 Å². The van der Waals surface area contributed by atoms with Gasteiger partial charge in [-0.3, -0.25) is 4.79 Å². The van der Waals surface area contributed by atoms with Crippen molar-refractivity contribution in [3.8, 4) is 0 Å². The molecule has 0 aromatic heterocycles. The van der Waals surface area contributed by atoms with Crippen LogP contribution in [0.25, 0.3) is 0 Å². The Morgan fingerprint density at radius 3 is 2.24 bits per heavy atom. The number of aryl methyl sites for hydroxylation is 2. The summed E-state index contributed by atoms with van der Waals surface area (Å²) in [5.74, 6) is -0.0431. The van der Waals surface area contributed by atoms with Crippen LogP contribution >= 0.6 is 0 Å². The van der Waals surface area contributed by atoms with Gasteiger partial charge >= 0.3 is 0 Å². The topological polar surface area (TPSA) is 58.4 Å². The lowest BCUT2D eigenvalue weighted by atomic mass is 10.1. The van der Waals surface area contributed by atoms with E-state index < -0.39 is 0 Å². The number of carbonyl (C=O) groups excluding carboxylic acids is 1. The number of benzene rings is 2. The molecule has 0 spiro atoms. The number of nitrogens with two attached hydrogens (primary N) is 1. The molecule has 0 heterocycles. The molecule has 21 heavy (non-hydrogen) atoms. The van der Waals surface area contributed by atoms with Crippen LogP contribution in [0, 0.1) is 13.8 Å². The van der Waals surface area contributed by atoms with Gasteiger partial charge in [0.15, 0.2) is 0 Å². The minimum Gasteiger partial charge on any atom is -0.397 e. The van der Waals surface area contributed by atoms with Gasteiger partial charge in [-0.15, -0.1) is 0 Å². The number of rotatable bonds is 3. The van der Waals surface area contributed by atoms with Crippen molar-refractivity contribution in [1.29, 1.82) is 0 Å². The average molecular weight is 283 g/mol. The number of hydrogen-bond acceptors (Lipinski definition) is 3. The Hall–Kier alpha value is -2.49. The second-order valence-corrected chi connectivity index (χ2v) is 5.50. The second-order valence-electron chi connectivity index (χ2n) is 5.50. The summed E-state index contributed by atoms with van der Waals surface area (Å²) in [6.07, 6.45) is 0. The summed E-state index contributed by atoms with van der Waals surface area (Å²) < 4.78 is 0. The smallest absolute Gasteiger partial charge is 0.253 e. The fourth-order valence-corrected chi connectivity index (χ4v) is 2.26. The molecule has 0 fully saturated rings. The first-order chi connectivity index (χ1) is 9.86. The summed E-state index contributed by atoms with van der Waals surface area (Å²) in [6.45, 7) is 4.10. The molecule has 110 valence electrons. The van der Waals surface area contributed by atoms with Crippen LogP contribution < -0.4 is 11.1 Å². The monoisotopic (exact) mass is 283 g/mol. The molecule has 0 aliphatic heterocycles. The van der Waals surface area contributed by atoms with Gasteiger partial charge in [0.2, 0.25) is 0 Å². The van der Waals surface area contributed by atoms with Crippen molar-refractivity contribution in [1.82, 2.24) is 4.90 Å². The van der Waals surface area contributed by atoms with E-state index in [2.05, 4.69) is 11.4 Å². The summed E-state index contributed by atoms with van der Waals surface area (Å²) >= 11 is 0. The highest BCUT2D eigenvalue weighted by molar-refractivity contribution is 5.96. The highest BCUT2D eigenvalue weighted by Crippen LogP contribution is 2.26. The van der Waals surface area contributed by atoms with E-state index in [1.54, 1.807) is 37.2 Å². The Kier molecular flexibility index (Phi) is 4.17. The van der Waals surface area contributed by atoms with E-state index >= 15 is 0 Å². The van der Waals surface area contributed by atoms with Gasteiger partial charge in [-0.05, 0) is 55.3 Å². The zero-order chi connectivity index (χ0) is 15.6. The molecule has 0 aliphatic rings. The molecule has 3 N–H and O–H groups in total. The number of anilines is 3. The number of nitrogens with zero attached hydrogens (tertiary/aromatic N) is 1. The molecule has 0 atom stereocenters. The molecule has 0 unspecified atom stereocenters. The molecule has 2 aromatic carbocycles. The van der Waals surface area contributed by atoms with E-state index in [1.165, 1.54) is 11.1 Å². The maximum Gasteiger partial charge on any atom is 0.253 e. The maximum absolute atomic E-state index is 12.0. The quantitative estimate of drug-likeness (QED) is 0.849. The third-order valence-corrected chi connectivity index (χ3v) is 3.21. The van der Waals surface area contributed by atoms with Gasteiger partial charge in [0.25, 0.3) is 5.91 Å². The first-order valence-corrected chi connectivity index (χ1v) is 6.83. The summed E-state index contributed by atoms with van der Waals surface area (Å²) in [5, 5.41) is 3.29. The Labute approximate surface area is 125 Å². The van der Waals surface area contributed by atoms with Crippen LogP contribution in [0.1, 0.15) is 21.5 Å². The van der Waals surface area contributed by atoms with Crippen molar-refractivity contribution in [2.24, 2.45) is 0 Å². The number of nitrogens with one attached hydrogen (secondary N) is 1. The number of hydrogen-bond donors (Lipinski definition) is 2. The van der Waals surface area contributed by atoms with Crippen LogP contribution in [-0.4, -0.2) is 24.9 Å². The third kappa shape index (κ3) is 3.54. The minimum atomic E-state index is -0.0431. The van der Waals surface area contributed by atoms with E-state index in [1.807, 2.05) is 26.0 Å². The molecule has 4 nitrogen and oxygen atoms in total. The minimum absolute atomic E-state index is 0.0431. The van der Waals surface area contributed by atoms with Crippen molar-refractivity contribution in [3.05, 3.63) is 53.1 Å². The Balaban J connectivity index is 2.35. The SMILES string of the molecule is Cc1cc(C)cc(Nc2cc(C(=O)N(C)C)ccc2N)c1. The fourth-order valence-electron chi connectivity index (χ4n) is 2.26. The van der Waals surface area contributed by atoms with Gasteiger partial charge in [0.05, 0.1) is 11.4 Å². The van der Waals surface area contributed by atoms with Crippen molar-refractivity contribution in [2.45, 2.75) is 13.8 Å². The highest BCUT2D eigenvalue weighted by Gasteiger charge is 2.10. The molecule has 2 aromatic rings. The molecular weight excluding hydrogens is 262 g/mol. The summed E-state index contributed by atoms with van der Waals surface area (Å²) in [6, 6.07) is 11.5. The fraction of sp³-hybridized carbons (Fsp3) is 0.235. The lowest BCUT2D eigenvalue weighted by molar-refractivity contribution is 0.0827. The van der Waals surface area contributed by atoms with Crippen molar-refractivity contribution < 1.29 is 4.79 Å². The largest absolute Gasteiger partial charge is 0.397 e. The van der Waals surface area contributed by atoms with Crippen LogP contribution in [0.3, 0.4) is 0 Å². The molecule has 1 amide bonds. The number of carbonyl (C=O) groups is 1. The lowest BCUT2D eigenvalue weighted by Gasteiger charge is -2.14. The maximum atomic E-state index is 12.0. The van der Waals surface area contributed by atoms with Gasteiger partial charge in [0, 0.05) is 25.3 Å². The predicted octanol–water partition coefficient (Wildman–Crippen LogP) is 3.33. The van der Waals surface area contributed by atoms with Crippen molar-refractivity contribution in [3.63, 3.8) is 0 Å². The van der Waals surface area contributed by atoms with Crippen LogP contribution in [0.15, 0.2) is 36.4 Å². The molecular formula is C17H21N3O. The predicted molar refractivity (Wildman–Crippen MR) is 88.1 cm³/mol. The molecule has 0 saturated heterocycles. The zero-order valence-corrected chi connectivity index (χ0v) is 12.9. The van der Waals surface area contributed by atoms with Gasteiger partial charge < -0.3 is 16.0 Å². The highest BCUT2D eigenvalue weighted by atomic mass is 16.2. The Morgan fingerprint density at radius 2 is 1.67 bits per heavy atom. The molecule has 0 saturated carbocycles. The van der Waals surface area contributed by atoms with Crippen LogP contribution in [0.5, 0.6) is 0 Å².